The maximum Gasteiger partial charge on any atom is 0.410 e. The molecule has 0 bridgehead atoms. The molecular weight excluding hydrogens is 272 g/mol. The van der Waals surface area contributed by atoms with Gasteiger partial charge in [-0.1, -0.05) is 13.3 Å². The van der Waals surface area contributed by atoms with Crippen molar-refractivity contribution in [1.29, 1.82) is 0 Å². The summed E-state index contributed by atoms with van der Waals surface area (Å²) in [6.07, 6.45) is 1.63. The molecule has 1 heterocycles. The van der Waals surface area contributed by atoms with Crippen LogP contribution in [-0.2, 0) is 14.3 Å². The van der Waals surface area contributed by atoms with E-state index in [2.05, 4.69) is 6.92 Å². The molecule has 0 atom stereocenters. The lowest BCUT2D eigenvalue weighted by Gasteiger charge is -2.35. The molecule has 0 unspecified atom stereocenters. The first kappa shape index (κ1) is 17.8. The molecule has 1 rings (SSSR count). The highest BCUT2D eigenvalue weighted by Crippen LogP contribution is 2.11. The fourth-order valence-electron chi connectivity index (χ4n) is 1.97. The minimum atomic E-state index is -0.475. The lowest BCUT2D eigenvalue weighted by molar-refractivity contribution is -0.145. The second-order valence-corrected chi connectivity index (χ2v) is 6.32. The first-order valence-corrected chi connectivity index (χ1v) is 7.67. The third-order valence-electron chi connectivity index (χ3n) is 3.14. The summed E-state index contributed by atoms with van der Waals surface area (Å²) in [6, 6.07) is 0. The average Bonchev–Trinajstić information content (AvgIpc) is 2.38. The van der Waals surface area contributed by atoms with Gasteiger partial charge >= 0.3 is 12.1 Å². The molecule has 0 aromatic carbocycles. The van der Waals surface area contributed by atoms with Gasteiger partial charge in [0.05, 0.1) is 13.2 Å². The number of unbranched alkanes of at least 4 members (excludes halogenated alkanes) is 1. The van der Waals surface area contributed by atoms with Gasteiger partial charge in [0.15, 0.2) is 0 Å². The summed E-state index contributed by atoms with van der Waals surface area (Å²) in [5.74, 6) is -0.186. The molecule has 0 aromatic rings. The molecule has 0 radical (unpaired) electrons. The molecule has 0 aromatic heterocycles. The van der Waals surface area contributed by atoms with E-state index < -0.39 is 5.60 Å². The highest BCUT2D eigenvalue weighted by atomic mass is 16.6. The molecular formula is C15H28N2O4. The van der Waals surface area contributed by atoms with Gasteiger partial charge in [0.1, 0.15) is 5.60 Å². The third-order valence-corrected chi connectivity index (χ3v) is 3.14. The number of amides is 1. The van der Waals surface area contributed by atoms with Crippen LogP contribution in [0.2, 0.25) is 0 Å². The van der Waals surface area contributed by atoms with E-state index in [9.17, 15) is 9.59 Å². The van der Waals surface area contributed by atoms with E-state index in [-0.39, 0.29) is 12.1 Å². The minimum Gasteiger partial charge on any atom is -0.465 e. The predicted molar refractivity (Wildman–Crippen MR) is 80.1 cm³/mol. The van der Waals surface area contributed by atoms with Gasteiger partial charge in [0, 0.05) is 26.2 Å². The van der Waals surface area contributed by atoms with Gasteiger partial charge in [-0.05, 0) is 27.2 Å². The maximum absolute atomic E-state index is 11.9. The van der Waals surface area contributed by atoms with Crippen LogP contribution in [0.1, 0.15) is 40.5 Å². The standard InChI is InChI=1S/C15H28N2O4/c1-5-6-11-20-13(18)12-16-7-9-17(10-8-16)14(19)21-15(2,3)4/h5-12H2,1-4H3. The van der Waals surface area contributed by atoms with Crippen LogP contribution >= 0.6 is 0 Å². The van der Waals surface area contributed by atoms with Crippen molar-refractivity contribution < 1.29 is 19.1 Å². The van der Waals surface area contributed by atoms with Crippen LogP contribution in [0.4, 0.5) is 4.79 Å². The molecule has 122 valence electrons. The van der Waals surface area contributed by atoms with E-state index in [1.807, 2.05) is 25.7 Å². The molecule has 0 N–H and O–H groups in total. The molecule has 0 aliphatic carbocycles. The molecule has 1 fully saturated rings. The van der Waals surface area contributed by atoms with Gasteiger partial charge in [-0.2, -0.15) is 0 Å². The smallest absolute Gasteiger partial charge is 0.410 e. The van der Waals surface area contributed by atoms with Gasteiger partial charge in [-0.15, -0.1) is 0 Å². The summed E-state index contributed by atoms with van der Waals surface area (Å²) in [5, 5.41) is 0. The van der Waals surface area contributed by atoms with Crippen molar-refractivity contribution >= 4 is 12.1 Å². The molecule has 1 aliphatic heterocycles. The minimum absolute atomic E-state index is 0.186. The average molecular weight is 300 g/mol. The number of hydrogen-bond acceptors (Lipinski definition) is 5. The van der Waals surface area contributed by atoms with Crippen LogP contribution in [0.3, 0.4) is 0 Å². The summed E-state index contributed by atoms with van der Waals surface area (Å²) >= 11 is 0. The van der Waals surface area contributed by atoms with Crippen molar-refractivity contribution in [3.05, 3.63) is 0 Å². The molecule has 21 heavy (non-hydrogen) atoms. The molecule has 1 amide bonds. The van der Waals surface area contributed by atoms with E-state index in [4.69, 9.17) is 9.47 Å². The highest BCUT2D eigenvalue weighted by molar-refractivity contribution is 5.72. The fraction of sp³-hybridized carbons (Fsp3) is 0.867. The Morgan fingerprint density at radius 2 is 1.71 bits per heavy atom. The van der Waals surface area contributed by atoms with Crippen molar-refractivity contribution in [3.63, 3.8) is 0 Å². The van der Waals surface area contributed by atoms with E-state index in [1.165, 1.54) is 0 Å². The zero-order chi connectivity index (χ0) is 15.9. The Morgan fingerprint density at radius 1 is 1.10 bits per heavy atom. The number of nitrogens with zero attached hydrogens (tertiary/aromatic N) is 2. The van der Waals surface area contributed by atoms with Crippen LogP contribution in [0.5, 0.6) is 0 Å². The first-order chi connectivity index (χ1) is 9.81. The zero-order valence-corrected chi connectivity index (χ0v) is 13.7. The molecule has 0 saturated carbocycles. The lowest BCUT2D eigenvalue weighted by Crippen LogP contribution is -2.51. The largest absolute Gasteiger partial charge is 0.465 e. The Hall–Kier alpha value is -1.30. The van der Waals surface area contributed by atoms with Crippen molar-refractivity contribution in [1.82, 2.24) is 9.80 Å². The van der Waals surface area contributed by atoms with Gasteiger partial charge < -0.3 is 14.4 Å². The summed E-state index contributed by atoms with van der Waals surface area (Å²) in [6.45, 7) is 10.9. The Morgan fingerprint density at radius 3 is 2.24 bits per heavy atom. The van der Waals surface area contributed by atoms with E-state index >= 15 is 0 Å². The monoisotopic (exact) mass is 300 g/mol. The summed E-state index contributed by atoms with van der Waals surface area (Å²) in [4.78, 5) is 27.2. The second kappa shape index (κ2) is 8.22. The molecule has 6 heteroatoms. The van der Waals surface area contributed by atoms with Crippen molar-refractivity contribution in [2.45, 2.75) is 46.1 Å². The van der Waals surface area contributed by atoms with Gasteiger partial charge in [-0.3, -0.25) is 9.69 Å². The van der Waals surface area contributed by atoms with Crippen molar-refractivity contribution in [3.8, 4) is 0 Å². The highest BCUT2D eigenvalue weighted by Gasteiger charge is 2.26. The Bertz CT molecular complexity index is 344. The molecule has 0 spiro atoms. The number of rotatable bonds is 5. The molecule has 6 nitrogen and oxygen atoms in total. The Labute approximate surface area is 127 Å². The Kier molecular flexibility index (Phi) is 6.95. The van der Waals surface area contributed by atoms with Gasteiger partial charge in [0.2, 0.25) is 0 Å². The zero-order valence-electron chi connectivity index (χ0n) is 13.7. The summed E-state index contributed by atoms with van der Waals surface area (Å²) in [7, 11) is 0. The van der Waals surface area contributed by atoms with E-state index in [0.29, 0.717) is 39.3 Å². The molecule has 1 saturated heterocycles. The fourth-order valence-corrected chi connectivity index (χ4v) is 1.97. The van der Waals surface area contributed by atoms with Crippen LogP contribution in [-0.4, -0.2) is 66.8 Å². The van der Waals surface area contributed by atoms with Crippen LogP contribution < -0.4 is 0 Å². The Balaban J connectivity index is 2.26. The normalized spacial score (nSPS) is 16.7. The van der Waals surface area contributed by atoms with Gasteiger partial charge in [0.25, 0.3) is 0 Å². The second-order valence-electron chi connectivity index (χ2n) is 6.32. The van der Waals surface area contributed by atoms with E-state index in [0.717, 1.165) is 12.8 Å². The summed E-state index contributed by atoms with van der Waals surface area (Å²) < 4.78 is 10.5. The van der Waals surface area contributed by atoms with Gasteiger partial charge in [-0.25, -0.2) is 4.79 Å². The molecule has 1 aliphatic rings. The number of carbonyl (C=O) groups excluding carboxylic acids is 2. The number of esters is 1. The number of ether oxygens (including phenoxy) is 2. The van der Waals surface area contributed by atoms with Crippen LogP contribution in [0, 0.1) is 0 Å². The number of carbonyl (C=O) groups is 2. The topological polar surface area (TPSA) is 59.1 Å². The maximum atomic E-state index is 11.9. The van der Waals surface area contributed by atoms with Crippen molar-refractivity contribution in [2.24, 2.45) is 0 Å². The third kappa shape index (κ3) is 7.32. The predicted octanol–water partition coefficient (Wildman–Crippen LogP) is 1.88. The van der Waals surface area contributed by atoms with Crippen molar-refractivity contribution in [2.75, 3.05) is 39.3 Å². The first-order valence-electron chi connectivity index (χ1n) is 7.67. The number of hydrogen-bond donors (Lipinski definition) is 0. The van der Waals surface area contributed by atoms with E-state index in [1.54, 1.807) is 4.90 Å². The van der Waals surface area contributed by atoms with Crippen LogP contribution in [0.25, 0.3) is 0 Å². The summed E-state index contributed by atoms with van der Waals surface area (Å²) in [5.41, 5.74) is -0.475. The lowest BCUT2D eigenvalue weighted by atomic mass is 10.2. The van der Waals surface area contributed by atoms with Crippen LogP contribution in [0.15, 0.2) is 0 Å². The quantitative estimate of drug-likeness (QED) is 0.573. The number of piperazine rings is 1. The SMILES string of the molecule is CCCCOC(=O)CN1CCN(C(=O)OC(C)(C)C)CC1.